The number of hydrogen-bond donors (Lipinski definition) is 2. The molecule has 3 rings (SSSR count). The Morgan fingerprint density at radius 3 is 2.26 bits per heavy atom. The molecule has 1 saturated carbocycles. The number of aliphatic carboxylic acids is 1. The molecule has 0 heterocycles. The number of aryl methyl sites for hydroxylation is 1. The van der Waals surface area contributed by atoms with E-state index in [1.54, 1.807) is 12.1 Å². The Morgan fingerprint density at radius 1 is 1.00 bits per heavy atom. The van der Waals surface area contributed by atoms with Gasteiger partial charge in [-0.15, -0.1) is 0 Å². The van der Waals surface area contributed by atoms with Crippen molar-refractivity contribution in [3.05, 3.63) is 64.7 Å². The topological polar surface area (TPSA) is 83.5 Å². The fourth-order valence-electron chi connectivity index (χ4n) is 4.25. The van der Waals surface area contributed by atoms with Gasteiger partial charge < -0.3 is 5.11 Å². The monoisotopic (exact) mass is 463 g/mol. The Balaban J connectivity index is 1.75. The van der Waals surface area contributed by atoms with Crippen molar-refractivity contribution in [3.63, 3.8) is 0 Å². The lowest BCUT2D eigenvalue weighted by Gasteiger charge is -2.31. The van der Waals surface area contributed by atoms with Crippen molar-refractivity contribution in [1.29, 1.82) is 0 Å². The number of halogens is 1. The van der Waals surface area contributed by atoms with Gasteiger partial charge in [0.1, 0.15) is 0 Å². The molecule has 2 aromatic rings. The number of carbonyl (C=O) groups is 1. The SMILES string of the molecule is O=C(O)CCCCc1ccc(C(NS(=O)(=O)c2ccc(Cl)cc2)C2CCCCC2)cc1. The summed E-state index contributed by atoms with van der Waals surface area (Å²) in [6.07, 6.45) is 7.92. The zero-order valence-electron chi connectivity index (χ0n) is 17.6. The number of benzene rings is 2. The molecule has 1 atom stereocenters. The Morgan fingerprint density at radius 2 is 1.65 bits per heavy atom. The van der Waals surface area contributed by atoms with Gasteiger partial charge in [0, 0.05) is 17.5 Å². The first-order valence-corrected chi connectivity index (χ1v) is 12.8. The van der Waals surface area contributed by atoms with Crippen LogP contribution in [0.3, 0.4) is 0 Å². The Hall–Kier alpha value is -1.89. The average molecular weight is 464 g/mol. The molecule has 2 N–H and O–H groups in total. The van der Waals surface area contributed by atoms with Gasteiger partial charge in [0.25, 0.3) is 0 Å². The van der Waals surface area contributed by atoms with Gasteiger partial charge in [-0.2, -0.15) is 0 Å². The summed E-state index contributed by atoms with van der Waals surface area (Å²) in [5, 5.41) is 9.26. The molecule has 1 unspecified atom stereocenters. The third kappa shape index (κ3) is 7.06. The van der Waals surface area contributed by atoms with E-state index >= 15 is 0 Å². The van der Waals surface area contributed by atoms with Crippen LogP contribution >= 0.6 is 11.6 Å². The number of carboxylic acid groups (broad SMARTS) is 1. The molecule has 0 aromatic heterocycles. The van der Waals surface area contributed by atoms with E-state index in [-0.39, 0.29) is 23.3 Å². The summed E-state index contributed by atoms with van der Waals surface area (Å²) in [6, 6.07) is 14.0. The standard InChI is InChI=1S/C24H30ClNO4S/c25-21-14-16-22(17-15-21)31(29,30)26-24(19-7-2-1-3-8-19)20-12-10-18(11-13-20)6-4-5-9-23(27)28/h10-17,19,24,26H,1-9H2,(H,27,28). The van der Waals surface area contributed by atoms with Crippen LogP contribution in [-0.4, -0.2) is 19.5 Å². The molecule has 0 spiro atoms. The van der Waals surface area contributed by atoms with Gasteiger partial charge in [0.2, 0.25) is 10.0 Å². The van der Waals surface area contributed by atoms with E-state index in [0.717, 1.165) is 49.7 Å². The highest BCUT2D eigenvalue weighted by Gasteiger charge is 2.29. The van der Waals surface area contributed by atoms with Gasteiger partial charge in [-0.25, -0.2) is 13.1 Å². The minimum atomic E-state index is -3.67. The van der Waals surface area contributed by atoms with Crippen LogP contribution in [0, 0.1) is 5.92 Å². The molecule has 168 valence electrons. The summed E-state index contributed by atoms with van der Waals surface area (Å²) in [5.74, 6) is -0.504. The Bertz CT molecular complexity index is 952. The molecule has 2 aromatic carbocycles. The minimum Gasteiger partial charge on any atom is -0.481 e. The second-order valence-corrected chi connectivity index (χ2v) is 10.4. The number of sulfonamides is 1. The van der Waals surface area contributed by atoms with Crippen LogP contribution in [0.5, 0.6) is 0 Å². The summed E-state index contributed by atoms with van der Waals surface area (Å²) < 4.78 is 29.1. The second kappa shape index (κ2) is 11.1. The molecule has 1 aliphatic carbocycles. The molecule has 5 nitrogen and oxygen atoms in total. The summed E-state index contributed by atoms with van der Waals surface area (Å²) in [7, 11) is -3.67. The van der Waals surface area contributed by atoms with Gasteiger partial charge in [0.15, 0.2) is 0 Å². The fourth-order valence-corrected chi connectivity index (χ4v) is 5.67. The van der Waals surface area contributed by atoms with Crippen LogP contribution in [0.2, 0.25) is 5.02 Å². The molecule has 0 aliphatic heterocycles. The highest BCUT2D eigenvalue weighted by molar-refractivity contribution is 7.89. The molecular formula is C24H30ClNO4S. The zero-order valence-corrected chi connectivity index (χ0v) is 19.2. The maximum Gasteiger partial charge on any atom is 0.303 e. The number of unbranched alkanes of at least 4 members (excludes halogenated alkanes) is 1. The molecular weight excluding hydrogens is 434 g/mol. The van der Waals surface area contributed by atoms with Crippen LogP contribution in [0.1, 0.15) is 68.5 Å². The van der Waals surface area contributed by atoms with Crippen molar-refractivity contribution in [3.8, 4) is 0 Å². The summed E-state index contributed by atoms with van der Waals surface area (Å²) in [6.45, 7) is 0. The summed E-state index contributed by atoms with van der Waals surface area (Å²) in [5.41, 5.74) is 2.11. The fraction of sp³-hybridized carbons (Fsp3) is 0.458. The molecule has 1 aliphatic rings. The van der Waals surface area contributed by atoms with E-state index in [1.165, 1.54) is 18.6 Å². The van der Waals surface area contributed by atoms with Crippen molar-refractivity contribution in [2.75, 3.05) is 0 Å². The highest BCUT2D eigenvalue weighted by Crippen LogP contribution is 2.35. The first kappa shape index (κ1) is 23.8. The molecule has 0 amide bonds. The van der Waals surface area contributed by atoms with Gasteiger partial charge in [-0.05, 0) is 73.4 Å². The third-order valence-electron chi connectivity index (χ3n) is 5.97. The van der Waals surface area contributed by atoms with Crippen molar-refractivity contribution in [2.24, 2.45) is 5.92 Å². The predicted molar refractivity (Wildman–Crippen MR) is 123 cm³/mol. The van der Waals surface area contributed by atoms with Crippen LogP contribution in [0.4, 0.5) is 0 Å². The molecule has 1 fully saturated rings. The van der Waals surface area contributed by atoms with E-state index in [9.17, 15) is 13.2 Å². The van der Waals surface area contributed by atoms with Crippen molar-refractivity contribution in [1.82, 2.24) is 4.72 Å². The third-order valence-corrected chi connectivity index (χ3v) is 7.68. The molecule has 0 radical (unpaired) electrons. The first-order valence-electron chi connectivity index (χ1n) is 10.9. The molecule has 0 bridgehead atoms. The maximum atomic E-state index is 13.1. The van der Waals surface area contributed by atoms with Crippen LogP contribution in [0.25, 0.3) is 0 Å². The zero-order chi connectivity index (χ0) is 22.3. The first-order chi connectivity index (χ1) is 14.8. The van der Waals surface area contributed by atoms with Gasteiger partial charge in [0.05, 0.1) is 4.90 Å². The lowest BCUT2D eigenvalue weighted by molar-refractivity contribution is -0.137. The largest absolute Gasteiger partial charge is 0.481 e. The van der Waals surface area contributed by atoms with E-state index < -0.39 is 16.0 Å². The van der Waals surface area contributed by atoms with E-state index in [0.29, 0.717) is 11.4 Å². The number of carboxylic acids is 1. The van der Waals surface area contributed by atoms with E-state index in [4.69, 9.17) is 16.7 Å². The molecule has 0 saturated heterocycles. The van der Waals surface area contributed by atoms with Crippen LogP contribution < -0.4 is 4.72 Å². The normalized spacial score (nSPS) is 16.2. The second-order valence-electron chi connectivity index (χ2n) is 8.29. The van der Waals surface area contributed by atoms with Crippen molar-refractivity contribution in [2.45, 2.75) is 68.7 Å². The number of hydrogen-bond acceptors (Lipinski definition) is 3. The Kier molecular flexibility index (Phi) is 8.52. The molecule has 31 heavy (non-hydrogen) atoms. The summed E-state index contributed by atoms with van der Waals surface area (Å²) in [4.78, 5) is 10.9. The van der Waals surface area contributed by atoms with Crippen molar-refractivity contribution < 1.29 is 18.3 Å². The number of rotatable bonds is 10. The quantitative estimate of drug-likeness (QED) is 0.440. The van der Waals surface area contributed by atoms with E-state index in [2.05, 4.69) is 4.72 Å². The van der Waals surface area contributed by atoms with Gasteiger partial charge in [-0.3, -0.25) is 4.79 Å². The molecule has 7 heteroatoms. The van der Waals surface area contributed by atoms with Crippen LogP contribution in [0.15, 0.2) is 53.4 Å². The summed E-state index contributed by atoms with van der Waals surface area (Å²) >= 11 is 5.92. The predicted octanol–water partition coefficient (Wildman–Crippen LogP) is 5.74. The average Bonchev–Trinajstić information content (AvgIpc) is 2.76. The maximum absolute atomic E-state index is 13.1. The highest BCUT2D eigenvalue weighted by atomic mass is 35.5. The van der Waals surface area contributed by atoms with E-state index in [1.807, 2.05) is 24.3 Å². The Labute approximate surface area is 189 Å². The number of nitrogens with one attached hydrogen (secondary N) is 1. The lowest BCUT2D eigenvalue weighted by atomic mass is 9.81. The van der Waals surface area contributed by atoms with Crippen LogP contribution in [-0.2, 0) is 21.2 Å². The van der Waals surface area contributed by atoms with Gasteiger partial charge >= 0.3 is 5.97 Å². The van der Waals surface area contributed by atoms with Crippen molar-refractivity contribution >= 4 is 27.6 Å². The van der Waals surface area contributed by atoms with Gasteiger partial charge in [-0.1, -0.05) is 55.1 Å². The minimum absolute atomic E-state index is 0.189. The lowest BCUT2D eigenvalue weighted by Crippen LogP contribution is -2.34. The smallest absolute Gasteiger partial charge is 0.303 e.